The molecule has 1 aliphatic heterocycles. The Balaban J connectivity index is 1.75. The Labute approximate surface area is 119 Å². The summed E-state index contributed by atoms with van der Waals surface area (Å²) in [5.41, 5.74) is 0. The summed E-state index contributed by atoms with van der Waals surface area (Å²) in [5, 5.41) is 10.9. The normalized spacial score (nSPS) is 16.7. The molecule has 2 amide bonds. The molecular weight excluding hydrogens is 256 g/mol. The molecule has 0 unspecified atom stereocenters. The Morgan fingerprint density at radius 3 is 2.65 bits per heavy atom. The monoisotopic (exact) mass is 280 g/mol. The molecule has 0 aliphatic carbocycles. The number of carbonyl (C=O) groups is 1. The zero-order chi connectivity index (χ0) is 14.5. The van der Waals surface area contributed by atoms with Crippen LogP contribution in [0.25, 0.3) is 0 Å². The Bertz CT molecular complexity index is 436. The number of nitrogens with zero attached hydrogens (tertiary/aromatic N) is 3. The number of rotatable bonds is 4. The minimum absolute atomic E-state index is 0.0470. The maximum Gasteiger partial charge on any atom is 0.317 e. The summed E-state index contributed by atoms with van der Waals surface area (Å²) in [4.78, 5) is 13.9. The molecule has 0 radical (unpaired) electrons. The van der Waals surface area contributed by atoms with E-state index in [-0.39, 0.29) is 11.9 Å². The van der Waals surface area contributed by atoms with E-state index in [0.29, 0.717) is 17.7 Å². The third kappa shape index (κ3) is 3.95. The van der Waals surface area contributed by atoms with Gasteiger partial charge in [0.2, 0.25) is 11.8 Å². The van der Waals surface area contributed by atoms with Crippen molar-refractivity contribution in [2.45, 2.75) is 46.0 Å². The van der Waals surface area contributed by atoms with Crippen molar-refractivity contribution in [1.82, 2.24) is 20.4 Å². The molecule has 1 aromatic rings. The molecule has 2 rings (SSSR count). The maximum atomic E-state index is 12.0. The zero-order valence-corrected chi connectivity index (χ0v) is 12.6. The largest absolute Gasteiger partial charge is 0.425 e. The van der Waals surface area contributed by atoms with E-state index in [0.717, 1.165) is 38.9 Å². The number of nitrogens with one attached hydrogen (secondary N) is 1. The average Bonchev–Trinajstić information content (AvgIpc) is 2.85. The lowest BCUT2D eigenvalue weighted by Gasteiger charge is -2.30. The van der Waals surface area contributed by atoms with Crippen LogP contribution in [0.1, 0.15) is 50.8 Å². The summed E-state index contributed by atoms with van der Waals surface area (Å²) < 4.78 is 5.47. The van der Waals surface area contributed by atoms with Crippen molar-refractivity contribution in [2.75, 3.05) is 19.6 Å². The molecule has 0 aromatic carbocycles. The van der Waals surface area contributed by atoms with Gasteiger partial charge in [-0.15, -0.1) is 10.2 Å². The summed E-state index contributed by atoms with van der Waals surface area (Å²) in [6.45, 7) is 8.36. The van der Waals surface area contributed by atoms with Gasteiger partial charge in [0, 0.05) is 32.5 Å². The molecule has 0 spiro atoms. The number of urea groups is 1. The van der Waals surface area contributed by atoms with E-state index in [1.807, 2.05) is 4.90 Å². The van der Waals surface area contributed by atoms with Crippen molar-refractivity contribution in [3.63, 3.8) is 0 Å². The lowest BCUT2D eigenvalue weighted by molar-refractivity contribution is 0.176. The lowest BCUT2D eigenvalue weighted by atomic mass is 9.97. The first-order valence-corrected chi connectivity index (χ1v) is 7.39. The SMILES string of the molecule is Cc1nnc(C2CCN(C(=O)NCCC(C)C)CC2)o1. The maximum absolute atomic E-state index is 12.0. The van der Waals surface area contributed by atoms with Gasteiger partial charge in [0.25, 0.3) is 0 Å². The van der Waals surface area contributed by atoms with Gasteiger partial charge in [-0.25, -0.2) is 4.79 Å². The van der Waals surface area contributed by atoms with Gasteiger partial charge in [-0.2, -0.15) is 0 Å². The van der Waals surface area contributed by atoms with Crippen LogP contribution in [0, 0.1) is 12.8 Å². The Morgan fingerprint density at radius 1 is 1.40 bits per heavy atom. The topological polar surface area (TPSA) is 71.3 Å². The summed E-state index contributed by atoms with van der Waals surface area (Å²) in [5.74, 6) is 2.22. The van der Waals surface area contributed by atoms with Crippen molar-refractivity contribution in [3.8, 4) is 0 Å². The molecule has 1 aliphatic rings. The first kappa shape index (κ1) is 14.8. The van der Waals surface area contributed by atoms with Gasteiger partial charge >= 0.3 is 6.03 Å². The van der Waals surface area contributed by atoms with E-state index in [2.05, 4.69) is 29.4 Å². The van der Waals surface area contributed by atoms with Crippen molar-refractivity contribution in [2.24, 2.45) is 5.92 Å². The van der Waals surface area contributed by atoms with E-state index >= 15 is 0 Å². The second-order valence-corrected chi connectivity index (χ2v) is 5.84. The summed E-state index contributed by atoms with van der Waals surface area (Å²) in [6.07, 6.45) is 2.79. The number of piperidine rings is 1. The van der Waals surface area contributed by atoms with E-state index < -0.39 is 0 Å². The minimum Gasteiger partial charge on any atom is -0.425 e. The van der Waals surface area contributed by atoms with Gasteiger partial charge in [0.1, 0.15) is 0 Å². The van der Waals surface area contributed by atoms with E-state index in [9.17, 15) is 4.79 Å². The quantitative estimate of drug-likeness (QED) is 0.918. The predicted octanol–water partition coefficient (Wildman–Crippen LogP) is 2.31. The zero-order valence-electron chi connectivity index (χ0n) is 12.6. The molecule has 6 nitrogen and oxygen atoms in total. The second-order valence-electron chi connectivity index (χ2n) is 5.84. The first-order valence-electron chi connectivity index (χ1n) is 7.39. The third-order valence-electron chi connectivity index (χ3n) is 3.67. The Kier molecular flexibility index (Phi) is 4.98. The molecule has 6 heteroatoms. The molecule has 0 atom stereocenters. The Morgan fingerprint density at radius 2 is 2.10 bits per heavy atom. The highest BCUT2D eigenvalue weighted by Crippen LogP contribution is 2.26. The van der Waals surface area contributed by atoms with Crippen LogP contribution in [0.3, 0.4) is 0 Å². The standard InChI is InChI=1S/C14H24N4O2/c1-10(2)4-7-15-14(19)18-8-5-12(6-9-18)13-17-16-11(3)20-13/h10,12H,4-9H2,1-3H3,(H,15,19). The van der Waals surface area contributed by atoms with E-state index in [1.165, 1.54) is 0 Å². The molecule has 1 aromatic heterocycles. The van der Waals surface area contributed by atoms with Gasteiger partial charge < -0.3 is 14.6 Å². The van der Waals surface area contributed by atoms with Gasteiger partial charge in [0.05, 0.1) is 0 Å². The smallest absolute Gasteiger partial charge is 0.317 e. The van der Waals surface area contributed by atoms with Crippen LogP contribution in [0.2, 0.25) is 0 Å². The highest BCUT2D eigenvalue weighted by Gasteiger charge is 2.26. The van der Waals surface area contributed by atoms with Crippen molar-refractivity contribution in [1.29, 1.82) is 0 Å². The summed E-state index contributed by atoms with van der Waals surface area (Å²) >= 11 is 0. The van der Waals surface area contributed by atoms with Crippen LogP contribution in [-0.2, 0) is 0 Å². The average molecular weight is 280 g/mol. The number of carbonyl (C=O) groups excluding carboxylic acids is 1. The van der Waals surface area contributed by atoms with Crippen molar-refractivity contribution < 1.29 is 9.21 Å². The summed E-state index contributed by atoms with van der Waals surface area (Å²) in [7, 11) is 0. The number of aromatic nitrogens is 2. The van der Waals surface area contributed by atoms with Crippen molar-refractivity contribution in [3.05, 3.63) is 11.8 Å². The van der Waals surface area contributed by atoms with Gasteiger partial charge in [-0.1, -0.05) is 13.8 Å². The Hall–Kier alpha value is -1.59. The number of hydrogen-bond acceptors (Lipinski definition) is 4. The molecule has 1 saturated heterocycles. The molecule has 0 bridgehead atoms. The van der Waals surface area contributed by atoms with Crippen LogP contribution < -0.4 is 5.32 Å². The fourth-order valence-electron chi connectivity index (χ4n) is 2.39. The highest BCUT2D eigenvalue weighted by atomic mass is 16.4. The lowest BCUT2D eigenvalue weighted by Crippen LogP contribution is -2.44. The number of likely N-dealkylation sites (tertiary alicyclic amines) is 1. The van der Waals surface area contributed by atoms with E-state index in [1.54, 1.807) is 6.92 Å². The second kappa shape index (κ2) is 6.72. The molecular formula is C14H24N4O2. The van der Waals surface area contributed by atoms with Crippen LogP contribution in [0.4, 0.5) is 4.79 Å². The molecule has 1 fully saturated rings. The fourth-order valence-corrected chi connectivity index (χ4v) is 2.39. The predicted molar refractivity (Wildman–Crippen MR) is 75.4 cm³/mol. The molecule has 2 heterocycles. The van der Waals surface area contributed by atoms with E-state index in [4.69, 9.17) is 4.42 Å². The molecule has 20 heavy (non-hydrogen) atoms. The highest BCUT2D eigenvalue weighted by molar-refractivity contribution is 5.74. The molecule has 1 N–H and O–H groups in total. The van der Waals surface area contributed by atoms with Crippen LogP contribution in [0.5, 0.6) is 0 Å². The van der Waals surface area contributed by atoms with Gasteiger partial charge in [-0.3, -0.25) is 0 Å². The van der Waals surface area contributed by atoms with Gasteiger partial charge in [0.15, 0.2) is 0 Å². The number of amides is 2. The van der Waals surface area contributed by atoms with Crippen LogP contribution in [-0.4, -0.2) is 40.8 Å². The van der Waals surface area contributed by atoms with Crippen molar-refractivity contribution >= 4 is 6.03 Å². The molecule has 112 valence electrons. The van der Waals surface area contributed by atoms with Crippen LogP contribution in [0.15, 0.2) is 4.42 Å². The fraction of sp³-hybridized carbons (Fsp3) is 0.786. The summed E-state index contributed by atoms with van der Waals surface area (Å²) in [6, 6.07) is 0.0470. The first-order chi connectivity index (χ1) is 9.56. The van der Waals surface area contributed by atoms with Crippen LogP contribution >= 0.6 is 0 Å². The minimum atomic E-state index is 0.0470. The third-order valence-corrected chi connectivity index (χ3v) is 3.67. The van der Waals surface area contributed by atoms with Gasteiger partial charge in [-0.05, 0) is 25.2 Å². The molecule has 0 saturated carbocycles. The number of aryl methyl sites for hydroxylation is 1. The number of hydrogen-bond donors (Lipinski definition) is 1.